The number of carbonyl (C=O) groups is 1. The van der Waals surface area contributed by atoms with E-state index in [0.29, 0.717) is 6.54 Å². The van der Waals surface area contributed by atoms with Crippen molar-refractivity contribution in [2.45, 2.75) is 32.2 Å². The normalized spacial score (nSPS) is 13.1. The van der Waals surface area contributed by atoms with Gasteiger partial charge in [0, 0.05) is 29.7 Å². The number of rotatable bonds is 6. The molecule has 1 aliphatic rings. The number of hydrogen-bond donors (Lipinski definition) is 1. The summed E-state index contributed by atoms with van der Waals surface area (Å²) in [6.07, 6.45) is 7.62. The molecule has 0 bridgehead atoms. The molecule has 142 valence electrons. The van der Waals surface area contributed by atoms with Gasteiger partial charge in [-0.2, -0.15) is 4.68 Å². The van der Waals surface area contributed by atoms with Crippen LogP contribution in [0.3, 0.4) is 0 Å². The van der Waals surface area contributed by atoms with Crippen LogP contribution in [0, 0.1) is 0 Å². The summed E-state index contributed by atoms with van der Waals surface area (Å²) in [7, 11) is 0. The van der Waals surface area contributed by atoms with Gasteiger partial charge < -0.3 is 9.88 Å². The summed E-state index contributed by atoms with van der Waals surface area (Å²) in [6, 6.07) is 10.5. The van der Waals surface area contributed by atoms with Crippen LogP contribution in [0.2, 0.25) is 0 Å². The molecule has 0 radical (unpaired) electrons. The molecule has 0 fully saturated rings. The van der Waals surface area contributed by atoms with Crippen LogP contribution in [0.15, 0.2) is 42.9 Å². The second-order valence-electron chi connectivity index (χ2n) is 6.97. The van der Waals surface area contributed by atoms with E-state index in [-0.39, 0.29) is 5.91 Å². The monoisotopic (exact) mass is 392 g/mol. The lowest BCUT2D eigenvalue weighted by molar-refractivity contribution is 0.0952. The molecule has 3 aromatic heterocycles. The van der Waals surface area contributed by atoms with Crippen LogP contribution in [0.1, 0.15) is 33.6 Å². The number of thiophene rings is 1. The second kappa shape index (κ2) is 7.20. The average molecular weight is 392 g/mol. The van der Waals surface area contributed by atoms with E-state index in [1.54, 1.807) is 22.3 Å². The first-order chi connectivity index (χ1) is 13.8. The van der Waals surface area contributed by atoms with Crippen molar-refractivity contribution in [1.29, 1.82) is 0 Å². The van der Waals surface area contributed by atoms with Crippen LogP contribution < -0.4 is 5.32 Å². The molecular formula is C20H20N6OS. The molecular weight excluding hydrogens is 372 g/mol. The molecule has 28 heavy (non-hydrogen) atoms. The molecule has 0 atom stereocenters. The van der Waals surface area contributed by atoms with Gasteiger partial charge >= 0.3 is 0 Å². The van der Waals surface area contributed by atoms with Gasteiger partial charge in [-0.05, 0) is 59.2 Å². The Bertz CT molecular complexity index is 1130. The number of aryl methyl sites for hydroxylation is 2. The fourth-order valence-electron chi connectivity index (χ4n) is 3.92. The number of tetrazole rings is 1. The van der Waals surface area contributed by atoms with Crippen molar-refractivity contribution in [2.24, 2.45) is 0 Å². The number of nitrogens with one attached hydrogen (secondary N) is 1. The highest BCUT2D eigenvalue weighted by molar-refractivity contribution is 7.15. The lowest BCUT2D eigenvalue weighted by Gasteiger charge is -2.09. The summed E-state index contributed by atoms with van der Waals surface area (Å²) in [6.45, 7) is 1.50. The number of carbonyl (C=O) groups excluding carboxylic acids is 1. The SMILES string of the molecule is O=C(NCCCn1ccc2ccccc21)c1c(-n2cnnn2)sc2c1CCC2. The fraction of sp³-hybridized carbons (Fsp3) is 0.300. The van der Waals surface area contributed by atoms with Crippen LogP contribution in [0.4, 0.5) is 0 Å². The van der Waals surface area contributed by atoms with E-state index in [0.717, 1.165) is 42.8 Å². The maximum absolute atomic E-state index is 13.0. The van der Waals surface area contributed by atoms with E-state index >= 15 is 0 Å². The van der Waals surface area contributed by atoms with E-state index in [9.17, 15) is 4.79 Å². The minimum atomic E-state index is -0.0257. The maximum Gasteiger partial charge on any atom is 0.254 e. The summed E-state index contributed by atoms with van der Waals surface area (Å²) in [5, 5.41) is 16.6. The molecule has 1 N–H and O–H groups in total. The molecule has 1 aromatic carbocycles. The van der Waals surface area contributed by atoms with Crippen molar-refractivity contribution >= 4 is 28.1 Å². The van der Waals surface area contributed by atoms with E-state index in [2.05, 4.69) is 61.9 Å². The van der Waals surface area contributed by atoms with Gasteiger partial charge in [0.2, 0.25) is 0 Å². The Kier molecular flexibility index (Phi) is 4.40. The first-order valence-corrected chi connectivity index (χ1v) is 10.3. The summed E-state index contributed by atoms with van der Waals surface area (Å²) in [4.78, 5) is 14.2. The predicted molar refractivity (Wildman–Crippen MR) is 108 cm³/mol. The Balaban J connectivity index is 1.27. The maximum atomic E-state index is 13.0. The largest absolute Gasteiger partial charge is 0.352 e. The predicted octanol–water partition coefficient (Wildman–Crippen LogP) is 2.99. The highest BCUT2D eigenvalue weighted by Crippen LogP contribution is 2.37. The minimum Gasteiger partial charge on any atom is -0.352 e. The van der Waals surface area contributed by atoms with Crippen molar-refractivity contribution in [3.8, 4) is 5.00 Å². The van der Waals surface area contributed by atoms with Gasteiger partial charge in [0.05, 0.1) is 5.56 Å². The zero-order chi connectivity index (χ0) is 18.9. The molecule has 7 nitrogen and oxygen atoms in total. The molecule has 0 unspecified atom stereocenters. The lowest BCUT2D eigenvalue weighted by Crippen LogP contribution is -2.26. The molecule has 0 saturated carbocycles. The lowest BCUT2D eigenvalue weighted by atomic mass is 10.1. The molecule has 0 aliphatic heterocycles. The van der Waals surface area contributed by atoms with Crippen molar-refractivity contribution in [2.75, 3.05) is 6.54 Å². The molecule has 5 rings (SSSR count). The van der Waals surface area contributed by atoms with Crippen molar-refractivity contribution in [3.63, 3.8) is 0 Å². The molecule has 8 heteroatoms. The van der Waals surface area contributed by atoms with Crippen LogP contribution >= 0.6 is 11.3 Å². The van der Waals surface area contributed by atoms with E-state index in [4.69, 9.17) is 0 Å². The number of hydrogen-bond acceptors (Lipinski definition) is 5. The average Bonchev–Trinajstić information content (AvgIpc) is 3.48. The van der Waals surface area contributed by atoms with Crippen LogP contribution in [0.5, 0.6) is 0 Å². The fourth-order valence-corrected chi connectivity index (χ4v) is 5.22. The van der Waals surface area contributed by atoms with Crippen molar-refractivity contribution in [1.82, 2.24) is 30.1 Å². The van der Waals surface area contributed by atoms with Gasteiger partial charge in [-0.15, -0.1) is 16.4 Å². The smallest absolute Gasteiger partial charge is 0.254 e. The molecule has 3 heterocycles. The third-order valence-corrected chi connectivity index (χ3v) is 6.51. The van der Waals surface area contributed by atoms with Crippen LogP contribution in [-0.2, 0) is 19.4 Å². The highest BCUT2D eigenvalue weighted by atomic mass is 32.1. The molecule has 0 spiro atoms. The number of nitrogens with zero attached hydrogens (tertiary/aromatic N) is 5. The van der Waals surface area contributed by atoms with E-state index < -0.39 is 0 Å². The van der Waals surface area contributed by atoms with E-state index in [1.807, 2.05) is 0 Å². The van der Waals surface area contributed by atoms with Crippen molar-refractivity contribution < 1.29 is 4.79 Å². The summed E-state index contributed by atoms with van der Waals surface area (Å²) >= 11 is 1.63. The van der Waals surface area contributed by atoms with Gasteiger partial charge in [-0.3, -0.25) is 4.79 Å². The number of aromatic nitrogens is 5. The van der Waals surface area contributed by atoms with Gasteiger partial charge in [-0.25, -0.2) is 0 Å². The summed E-state index contributed by atoms with van der Waals surface area (Å²) < 4.78 is 3.83. The first-order valence-electron chi connectivity index (χ1n) is 9.51. The Hall–Kier alpha value is -3.00. The zero-order valence-electron chi connectivity index (χ0n) is 15.3. The van der Waals surface area contributed by atoms with E-state index in [1.165, 1.54) is 21.3 Å². The minimum absolute atomic E-state index is 0.0257. The van der Waals surface area contributed by atoms with Gasteiger partial charge in [-0.1, -0.05) is 18.2 Å². The zero-order valence-corrected chi connectivity index (χ0v) is 16.2. The molecule has 1 aliphatic carbocycles. The van der Waals surface area contributed by atoms with Crippen LogP contribution in [0.25, 0.3) is 15.9 Å². The quantitative estimate of drug-likeness (QED) is 0.512. The Morgan fingerprint density at radius 2 is 2.14 bits per heavy atom. The van der Waals surface area contributed by atoms with Crippen molar-refractivity contribution in [3.05, 3.63) is 58.9 Å². The Labute approximate surface area is 166 Å². The third kappa shape index (κ3) is 2.99. The third-order valence-electron chi connectivity index (χ3n) is 5.23. The second-order valence-corrected chi connectivity index (χ2v) is 8.05. The topological polar surface area (TPSA) is 77.6 Å². The van der Waals surface area contributed by atoms with Gasteiger partial charge in [0.15, 0.2) is 0 Å². The Morgan fingerprint density at radius 3 is 3.04 bits per heavy atom. The number of benzene rings is 1. The number of fused-ring (bicyclic) bond motifs is 2. The van der Waals surface area contributed by atoms with Gasteiger partial charge in [0.1, 0.15) is 11.3 Å². The summed E-state index contributed by atoms with van der Waals surface area (Å²) in [5.74, 6) is -0.0257. The number of para-hydroxylation sites is 1. The summed E-state index contributed by atoms with van der Waals surface area (Å²) in [5.41, 5.74) is 3.14. The number of amides is 1. The molecule has 4 aromatic rings. The standard InChI is InChI=1S/C20H20N6OS/c27-19(21-10-4-11-25-12-9-14-5-1-2-7-16(14)25)18-15-6-3-8-17(15)28-20(18)26-13-22-23-24-26/h1-2,5,7,9,12-13H,3-4,6,8,10-11H2,(H,21,27). The van der Waals surface area contributed by atoms with Gasteiger partial charge in [0.25, 0.3) is 5.91 Å². The first kappa shape index (κ1) is 17.1. The molecule has 0 saturated heterocycles. The van der Waals surface area contributed by atoms with Crippen LogP contribution in [-0.4, -0.2) is 37.2 Å². The highest BCUT2D eigenvalue weighted by Gasteiger charge is 2.27. The molecule has 1 amide bonds. The Morgan fingerprint density at radius 1 is 1.21 bits per heavy atom.